The van der Waals surface area contributed by atoms with E-state index < -0.39 is 0 Å². The van der Waals surface area contributed by atoms with Gasteiger partial charge in [0.05, 0.1) is 12.4 Å². The second-order valence-corrected chi connectivity index (χ2v) is 4.76. The number of rotatable bonds is 6. The summed E-state index contributed by atoms with van der Waals surface area (Å²) in [6.07, 6.45) is 1.99. The largest absolute Gasteiger partial charge is 0.374 e. The molecule has 2 heteroatoms. The van der Waals surface area contributed by atoms with Crippen molar-refractivity contribution >= 4 is 5.84 Å². The molecule has 20 heavy (non-hydrogen) atoms. The van der Waals surface area contributed by atoms with Gasteiger partial charge in [0.15, 0.2) is 0 Å². The molecule has 0 aliphatic carbocycles. The minimum Gasteiger partial charge on any atom is -0.374 e. The minimum atomic E-state index is 0.748. The van der Waals surface area contributed by atoms with Crippen LogP contribution >= 0.6 is 0 Å². The monoisotopic (exact) mass is 266 g/mol. The van der Waals surface area contributed by atoms with Crippen molar-refractivity contribution in [3.63, 3.8) is 0 Å². The molecule has 2 rings (SSSR count). The highest BCUT2D eigenvalue weighted by molar-refractivity contribution is 5.82. The van der Waals surface area contributed by atoms with E-state index in [4.69, 9.17) is 4.99 Å². The summed E-state index contributed by atoms with van der Waals surface area (Å²) in [6.45, 7) is 3.78. The molecule has 0 saturated heterocycles. The first kappa shape index (κ1) is 14.3. The summed E-state index contributed by atoms with van der Waals surface area (Å²) in [5.74, 6) is 1.10. The van der Waals surface area contributed by atoms with E-state index in [0.29, 0.717) is 0 Å². The zero-order chi connectivity index (χ0) is 14.0. The van der Waals surface area contributed by atoms with Gasteiger partial charge in [-0.3, -0.25) is 4.99 Å². The van der Waals surface area contributed by atoms with Crippen LogP contribution in [0.2, 0.25) is 0 Å². The van der Waals surface area contributed by atoms with Gasteiger partial charge in [0.1, 0.15) is 0 Å². The first-order valence-electron chi connectivity index (χ1n) is 7.23. The number of hydrogen-bond donors (Lipinski definition) is 1. The Labute approximate surface area is 121 Å². The third kappa shape index (κ3) is 4.88. The van der Waals surface area contributed by atoms with Gasteiger partial charge in [-0.15, -0.1) is 0 Å². The Morgan fingerprint density at radius 2 is 1.50 bits per heavy atom. The van der Waals surface area contributed by atoms with Crippen molar-refractivity contribution < 1.29 is 0 Å². The minimum absolute atomic E-state index is 0.748. The van der Waals surface area contributed by atoms with Crippen molar-refractivity contribution in [1.82, 2.24) is 5.32 Å². The van der Waals surface area contributed by atoms with Crippen LogP contribution in [-0.4, -0.2) is 12.4 Å². The smallest absolute Gasteiger partial charge is 0.0970 e. The Morgan fingerprint density at radius 1 is 0.900 bits per heavy atom. The Kier molecular flexibility index (Phi) is 5.84. The molecular formula is C18H22N2. The van der Waals surface area contributed by atoms with Crippen LogP contribution in [0.1, 0.15) is 24.5 Å². The summed E-state index contributed by atoms with van der Waals surface area (Å²) >= 11 is 0. The van der Waals surface area contributed by atoms with Gasteiger partial charge in [0.2, 0.25) is 0 Å². The van der Waals surface area contributed by atoms with Crippen molar-refractivity contribution in [3.05, 3.63) is 71.8 Å². The van der Waals surface area contributed by atoms with Gasteiger partial charge in [-0.05, 0) is 24.5 Å². The highest BCUT2D eigenvalue weighted by atomic mass is 15.0. The normalized spacial score (nSPS) is 11.3. The molecule has 0 atom stereocenters. The summed E-state index contributed by atoms with van der Waals surface area (Å²) < 4.78 is 0. The fourth-order valence-electron chi connectivity index (χ4n) is 2.10. The lowest BCUT2D eigenvalue weighted by molar-refractivity contribution is 0.878. The van der Waals surface area contributed by atoms with Gasteiger partial charge in [0.25, 0.3) is 0 Å². The molecule has 0 bridgehead atoms. The summed E-state index contributed by atoms with van der Waals surface area (Å²) in [5.41, 5.74) is 2.61. The first-order chi connectivity index (χ1) is 9.88. The topological polar surface area (TPSA) is 24.4 Å². The third-order valence-electron chi connectivity index (χ3n) is 3.17. The van der Waals surface area contributed by atoms with Crippen molar-refractivity contribution in [2.24, 2.45) is 4.99 Å². The average molecular weight is 266 g/mol. The molecule has 0 radical (unpaired) electrons. The standard InChI is InChI=1S/C18H22N2/c1-2-19-18(14-13-16-9-5-3-6-10-16)20-15-17-11-7-4-8-12-17/h3-12H,2,13-15H2,1H3,(H,19,20). The number of hydrogen-bond acceptors (Lipinski definition) is 1. The number of nitrogens with one attached hydrogen (secondary N) is 1. The first-order valence-corrected chi connectivity index (χ1v) is 7.23. The van der Waals surface area contributed by atoms with Gasteiger partial charge < -0.3 is 5.32 Å². The molecule has 0 aliphatic heterocycles. The van der Waals surface area contributed by atoms with Gasteiger partial charge in [-0.1, -0.05) is 60.7 Å². The molecule has 0 unspecified atom stereocenters. The molecular weight excluding hydrogens is 244 g/mol. The van der Waals surface area contributed by atoms with E-state index in [2.05, 4.69) is 66.8 Å². The molecule has 0 saturated carbocycles. The SMILES string of the molecule is CCNC(CCc1ccccc1)=NCc1ccccc1. The van der Waals surface area contributed by atoms with Gasteiger partial charge in [0, 0.05) is 13.0 Å². The van der Waals surface area contributed by atoms with Gasteiger partial charge >= 0.3 is 0 Å². The maximum atomic E-state index is 4.70. The van der Waals surface area contributed by atoms with Crippen LogP contribution in [0.4, 0.5) is 0 Å². The van der Waals surface area contributed by atoms with Crippen LogP contribution in [0.15, 0.2) is 65.7 Å². The third-order valence-corrected chi connectivity index (χ3v) is 3.17. The van der Waals surface area contributed by atoms with Gasteiger partial charge in [-0.25, -0.2) is 0 Å². The average Bonchev–Trinajstić information content (AvgIpc) is 2.52. The summed E-state index contributed by atoms with van der Waals surface area (Å²) in [5, 5.41) is 3.37. The molecule has 0 aliphatic rings. The molecule has 1 N–H and O–H groups in total. The predicted molar refractivity (Wildman–Crippen MR) is 86.0 cm³/mol. The van der Waals surface area contributed by atoms with Crippen LogP contribution in [0.3, 0.4) is 0 Å². The molecule has 2 aromatic rings. The lowest BCUT2D eigenvalue weighted by Gasteiger charge is -2.08. The van der Waals surface area contributed by atoms with E-state index in [9.17, 15) is 0 Å². The predicted octanol–water partition coefficient (Wildman–Crippen LogP) is 3.83. The van der Waals surface area contributed by atoms with E-state index in [1.807, 2.05) is 6.07 Å². The maximum absolute atomic E-state index is 4.70. The number of nitrogens with zero attached hydrogens (tertiary/aromatic N) is 1. The Balaban J connectivity index is 1.92. The lowest BCUT2D eigenvalue weighted by Crippen LogP contribution is -2.23. The maximum Gasteiger partial charge on any atom is 0.0970 e. The fourth-order valence-corrected chi connectivity index (χ4v) is 2.10. The highest BCUT2D eigenvalue weighted by Crippen LogP contribution is 2.05. The molecule has 0 amide bonds. The van der Waals surface area contributed by atoms with Gasteiger partial charge in [-0.2, -0.15) is 0 Å². The summed E-state index contributed by atoms with van der Waals surface area (Å²) in [6, 6.07) is 20.9. The highest BCUT2D eigenvalue weighted by Gasteiger charge is 1.99. The quantitative estimate of drug-likeness (QED) is 0.623. The number of amidine groups is 1. The summed E-state index contributed by atoms with van der Waals surface area (Å²) in [4.78, 5) is 4.70. The van der Waals surface area contributed by atoms with E-state index in [-0.39, 0.29) is 0 Å². The van der Waals surface area contributed by atoms with E-state index in [1.54, 1.807) is 0 Å². The van der Waals surface area contributed by atoms with Crippen LogP contribution in [-0.2, 0) is 13.0 Å². The van der Waals surface area contributed by atoms with Crippen LogP contribution < -0.4 is 5.32 Å². The molecule has 0 spiro atoms. The van der Waals surface area contributed by atoms with E-state index in [0.717, 1.165) is 31.8 Å². The second-order valence-electron chi connectivity index (χ2n) is 4.76. The molecule has 0 fully saturated rings. The Bertz CT molecular complexity index is 518. The van der Waals surface area contributed by atoms with Crippen LogP contribution in [0.5, 0.6) is 0 Å². The molecule has 2 aromatic carbocycles. The Morgan fingerprint density at radius 3 is 2.10 bits per heavy atom. The van der Waals surface area contributed by atoms with E-state index >= 15 is 0 Å². The zero-order valence-corrected chi connectivity index (χ0v) is 12.0. The number of aryl methyl sites for hydroxylation is 1. The summed E-state index contributed by atoms with van der Waals surface area (Å²) in [7, 11) is 0. The number of benzene rings is 2. The van der Waals surface area contributed by atoms with Crippen molar-refractivity contribution in [2.45, 2.75) is 26.3 Å². The van der Waals surface area contributed by atoms with Crippen molar-refractivity contribution in [3.8, 4) is 0 Å². The van der Waals surface area contributed by atoms with Crippen LogP contribution in [0.25, 0.3) is 0 Å². The molecule has 104 valence electrons. The van der Waals surface area contributed by atoms with Crippen molar-refractivity contribution in [2.75, 3.05) is 6.54 Å². The molecule has 2 nitrogen and oxygen atoms in total. The fraction of sp³-hybridized carbons (Fsp3) is 0.278. The van der Waals surface area contributed by atoms with E-state index in [1.165, 1.54) is 11.1 Å². The number of aliphatic imine (C=N–C) groups is 1. The Hall–Kier alpha value is -2.09. The molecule has 0 aromatic heterocycles. The molecule has 0 heterocycles. The second kappa shape index (κ2) is 8.16. The lowest BCUT2D eigenvalue weighted by atomic mass is 10.1. The van der Waals surface area contributed by atoms with Crippen LogP contribution in [0, 0.1) is 0 Å². The zero-order valence-electron chi connectivity index (χ0n) is 12.0. The van der Waals surface area contributed by atoms with Crippen molar-refractivity contribution in [1.29, 1.82) is 0 Å².